The molecule has 0 aliphatic heterocycles. The number of hydrogen-bond donors (Lipinski definition) is 0. The van der Waals surface area contributed by atoms with Crippen LogP contribution >= 0.6 is 11.6 Å². The molecule has 0 saturated heterocycles. The van der Waals surface area contributed by atoms with Crippen molar-refractivity contribution >= 4 is 33.9 Å². The van der Waals surface area contributed by atoms with Crippen molar-refractivity contribution in [3.63, 3.8) is 0 Å². The van der Waals surface area contributed by atoms with Crippen molar-refractivity contribution in [2.75, 3.05) is 0 Å². The molecule has 0 heterocycles. The van der Waals surface area contributed by atoms with Crippen LogP contribution in [0.2, 0.25) is 0 Å². The van der Waals surface area contributed by atoms with Crippen molar-refractivity contribution < 1.29 is 9.59 Å². The fourth-order valence-corrected chi connectivity index (χ4v) is 1.76. The first-order chi connectivity index (χ1) is 7.24. The highest BCUT2D eigenvalue weighted by Gasteiger charge is 2.09. The molecule has 0 unspecified atom stereocenters. The predicted molar refractivity (Wildman–Crippen MR) is 59.5 cm³/mol. The monoisotopic (exact) mass is 218 g/mol. The van der Waals surface area contributed by atoms with E-state index in [9.17, 15) is 9.59 Å². The summed E-state index contributed by atoms with van der Waals surface area (Å²) in [6.45, 7) is 0. The van der Waals surface area contributed by atoms with Crippen molar-refractivity contribution in [3.05, 3.63) is 47.5 Å². The topological polar surface area (TPSA) is 34.1 Å². The van der Waals surface area contributed by atoms with Crippen LogP contribution in [0, 0.1) is 0 Å². The first kappa shape index (κ1) is 9.87. The number of hydrogen-bond acceptors (Lipinski definition) is 2. The Hall–Kier alpha value is -1.67. The summed E-state index contributed by atoms with van der Waals surface area (Å²) in [6, 6.07) is 10.4. The zero-order valence-electron chi connectivity index (χ0n) is 7.74. The van der Waals surface area contributed by atoms with Crippen LogP contribution in [0.5, 0.6) is 0 Å². The maximum absolute atomic E-state index is 11.1. The molecule has 0 spiro atoms. The third-order valence-corrected chi connectivity index (χ3v) is 2.50. The van der Waals surface area contributed by atoms with Crippen LogP contribution in [0.25, 0.3) is 10.8 Å². The predicted octanol–water partition coefficient (Wildman–Crippen LogP) is 3.03. The zero-order valence-corrected chi connectivity index (χ0v) is 8.49. The maximum Gasteiger partial charge on any atom is 0.253 e. The van der Waals surface area contributed by atoms with E-state index in [1.807, 2.05) is 6.07 Å². The molecule has 0 radical (unpaired) electrons. The fraction of sp³-hybridized carbons (Fsp3) is 0. The highest BCUT2D eigenvalue weighted by molar-refractivity contribution is 6.68. The highest BCUT2D eigenvalue weighted by atomic mass is 35.5. The number of carbonyl (C=O) groups excluding carboxylic acids is 2. The highest BCUT2D eigenvalue weighted by Crippen LogP contribution is 2.22. The summed E-state index contributed by atoms with van der Waals surface area (Å²) in [5, 5.41) is 0.949. The zero-order chi connectivity index (χ0) is 10.8. The van der Waals surface area contributed by atoms with E-state index < -0.39 is 5.24 Å². The number of benzene rings is 2. The third-order valence-electron chi connectivity index (χ3n) is 2.30. The summed E-state index contributed by atoms with van der Waals surface area (Å²) in [7, 11) is 0. The average Bonchev–Trinajstić information content (AvgIpc) is 2.27. The van der Waals surface area contributed by atoms with Crippen molar-refractivity contribution in [2.24, 2.45) is 0 Å². The van der Waals surface area contributed by atoms with Crippen molar-refractivity contribution in [3.8, 4) is 0 Å². The number of carbonyl (C=O) groups is 2. The van der Waals surface area contributed by atoms with Gasteiger partial charge in [0.25, 0.3) is 5.24 Å². The lowest BCUT2D eigenvalue weighted by Crippen LogP contribution is -1.93. The van der Waals surface area contributed by atoms with Gasteiger partial charge in [-0.1, -0.05) is 30.3 Å². The molecule has 0 aliphatic carbocycles. The van der Waals surface area contributed by atoms with Gasteiger partial charge in [0.15, 0.2) is 6.29 Å². The van der Waals surface area contributed by atoms with Gasteiger partial charge in [-0.25, -0.2) is 0 Å². The van der Waals surface area contributed by atoms with Gasteiger partial charge in [0, 0.05) is 11.1 Å². The van der Waals surface area contributed by atoms with Crippen LogP contribution < -0.4 is 0 Å². The third kappa shape index (κ3) is 1.64. The van der Waals surface area contributed by atoms with Crippen LogP contribution in [0.15, 0.2) is 36.4 Å². The first-order valence-electron chi connectivity index (χ1n) is 4.41. The lowest BCUT2D eigenvalue weighted by atomic mass is 10.0. The summed E-state index contributed by atoms with van der Waals surface area (Å²) >= 11 is 5.45. The first-order valence-corrected chi connectivity index (χ1v) is 4.78. The lowest BCUT2D eigenvalue weighted by molar-refractivity contribution is 0.108. The average molecular weight is 219 g/mol. The molecular weight excluding hydrogens is 212 g/mol. The second-order valence-corrected chi connectivity index (χ2v) is 3.48. The fourth-order valence-electron chi connectivity index (χ4n) is 1.60. The quantitative estimate of drug-likeness (QED) is 0.574. The molecule has 3 heteroatoms. The second-order valence-electron chi connectivity index (χ2n) is 3.14. The Morgan fingerprint density at radius 2 is 1.73 bits per heavy atom. The molecule has 0 atom stereocenters. The number of aldehydes is 1. The molecule has 74 valence electrons. The van der Waals surface area contributed by atoms with Crippen LogP contribution in [0.4, 0.5) is 0 Å². The molecule has 0 amide bonds. The normalized spacial score (nSPS) is 10.2. The molecule has 0 N–H and O–H groups in total. The van der Waals surface area contributed by atoms with E-state index in [1.165, 1.54) is 0 Å². The minimum Gasteiger partial charge on any atom is -0.298 e. The van der Waals surface area contributed by atoms with Crippen molar-refractivity contribution in [1.29, 1.82) is 0 Å². The van der Waals surface area contributed by atoms with E-state index >= 15 is 0 Å². The van der Waals surface area contributed by atoms with Gasteiger partial charge >= 0.3 is 0 Å². The summed E-state index contributed by atoms with van der Waals surface area (Å²) in [4.78, 5) is 21.9. The Balaban J connectivity index is 2.89. The van der Waals surface area contributed by atoms with E-state index in [0.717, 1.165) is 11.7 Å². The van der Waals surface area contributed by atoms with Gasteiger partial charge in [0.2, 0.25) is 0 Å². The minimum absolute atomic E-state index is 0.429. The van der Waals surface area contributed by atoms with Gasteiger partial charge in [-0.2, -0.15) is 0 Å². The molecule has 0 aliphatic rings. The second kappa shape index (κ2) is 3.83. The molecule has 2 nitrogen and oxygen atoms in total. The summed E-state index contributed by atoms with van der Waals surface area (Å²) in [5.41, 5.74) is 0.991. The molecule has 2 aromatic rings. The SMILES string of the molecule is O=Cc1ccc(C(=O)Cl)c2ccccc12. The van der Waals surface area contributed by atoms with Gasteiger partial charge < -0.3 is 0 Å². The van der Waals surface area contributed by atoms with Crippen LogP contribution in [0.3, 0.4) is 0 Å². The van der Waals surface area contributed by atoms with Crippen LogP contribution in [-0.2, 0) is 0 Å². The van der Waals surface area contributed by atoms with Gasteiger partial charge in [-0.05, 0) is 28.4 Å². The lowest BCUT2D eigenvalue weighted by Gasteiger charge is -2.04. The number of rotatable bonds is 2. The maximum atomic E-state index is 11.1. The van der Waals surface area contributed by atoms with Gasteiger partial charge in [0.05, 0.1) is 0 Å². The number of halogens is 1. The molecule has 0 aromatic heterocycles. The van der Waals surface area contributed by atoms with Gasteiger partial charge in [-0.15, -0.1) is 0 Å². The van der Waals surface area contributed by atoms with Gasteiger partial charge in [-0.3, -0.25) is 9.59 Å². The van der Waals surface area contributed by atoms with Gasteiger partial charge in [0.1, 0.15) is 0 Å². The van der Waals surface area contributed by atoms with E-state index in [4.69, 9.17) is 11.6 Å². The Bertz CT molecular complexity index is 546. The van der Waals surface area contributed by atoms with E-state index in [2.05, 4.69) is 0 Å². The summed E-state index contributed by atoms with van der Waals surface area (Å²) < 4.78 is 0. The molecule has 2 aromatic carbocycles. The van der Waals surface area contributed by atoms with Crippen LogP contribution in [-0.4, -0.2) is 11.5 Å². The Labute approximate surface area is 91.5 Å². The Morgan fingerprint density at radius 3 is 2.33 bits per heavy atom. The van der Waals surface area contributed by atoms with Crippen LogP contribution in [0.1, 0.15) is 20.7 Å². The summed E-state index contributed by atoms with van der Waals surface area (Å²) in [6.07, 6.45) is 0.769. The smallest absolute Gasteiger partial charge is 0.253 e. The molecule has 0 bridgehead atoms. The van der Waals surface area contributed by atoms with Crippen molar-refractivity contribution in [2.45, 2.75) is 0 Å². The summed E-state index contributed by atoms with van der Waals surface area (Å²) in [5.74, 6) is 0. The molecule has 2 rings (SSSR count). The minimum atomic E-state index is -0.511. The standard InChI is InChI=1S/C12H7ClO2/c13-12(15)11-6-5-8(7-14)9-3-1-2-4-10(9)11/h1-7H. The number of fused-ring (bicyclic) bond motifs is 1. The Kier molecular flexibility index (Phi) is 2.52. The van der Waals surface area contributed by atoms with E-state index in [1.54, 1.807) is 30.3 Å². The Morgan fingerprint density at radius 1 is 1.07 bits per heavy atom. The van der Waals surface area contributed by atoms with E-state index in [-0.39, 0.29) is 0 Å². The molecule has 15 heavy (non-hydrogen) atoms. The molecule has 0 fully saturated rings. The van der Waals surface area contributed by atoms with Crippen molar-refractivity contribution in [1.82, 2.24) is 0 Å². The molecule has 0 saturated carbocycles. The van der Waals surface area contributed by atoms with E-state index in [0.29, 0.717) is 16.5 Å². The largest absolute Gasteiger partial charge is 0.298 e. The molecular formula is C12H7ClO2.